The molecule has 116 valence electrons. The molecular formula is C15H15ClN2O3S. The van der Waals surface area contributed by atoms with Gasteiger partial charge in [-0.05, 0) is 24.3 Å². The number of thiazole rings is 1. The van der Waals surface area contributed by atoms with Gasteiger partial charge in [0.2, 0.25) is 0 Å². The topological polar surface area (TPSA) is 51.7 Å². The molecule has 1 aromatic heterocycles. The highest BCUT2D eigenvalue weighted by Gasteiger charge is 2.20. The third kappa shape index (κ3) is 3.76. The van der Waals surface area contributed by atoms with E-state index < -0.39 is 0 Å². The first-order valence-corrected chi connectivity index (χ1v) is 8.18. The molecule has 0 N–H and O–H groups in total. The second-order valence-electron chi connectivity index (χ2n) is 4.77. The van der Waals surface area contributed by atoms with Gasteiger partial charge in [0.15, 0.2) is 0 Å². The summed E-state index contributed by atoms with van der Waals surface area (Å²) >= 11 is 7.25. The number of carbonyl (C=O) groups excluding carboxylic acids is 1. The molecule has 0 aliphatic carbocycles. The van der Waals surface area contributed by atoms with E-state index in [0.717, 1.165) is 10.8 Å². The van der Waals surface area contributed by atoms with Gasteiger partial charge in [0.1, 0.15) is 23.1 Å². The van der Waals surface area contributed by atoms with Crippen LogP contribution in [0.3, 0.4) is 0 Å². The molecule has 1 saturated heterocycles. The predicted molar refractivity (Wildman–Crippen MR) is 84.6 cm³/mol. The van der Waals surface area contributed by atoms with E-state index in [2.05, 4.69) is 4.98 Å². The third-order valence-corrected chi connectivity index (χ3v) is 4.32. The Balaban J connectivity index is 1.58. The molecule has 1 aliphatic rings. The summed E-state index contributed by atoms with van der Waals surface area (Å²) in [7, 11) is 0. The molecule has 5 nitrogen and oxygen atoms in total. The molecule has 7 heteroatoms. The van der Waals surface area contributed by atoms with Crippen LogP contribution in [0.1, 0.15) is 15.5 Å². The lowest BCUT2D eigenvalue weighted by Gasteiger charge is -2.25. The monoisotopic (exact) mass is 338 g/mol. The normalized spacial score (nSPS) is 14.9. The molecule has 22 heavy (non-hydrogen) atoms. The smallest absolute Gasteiger partial charge is 0.273 e. The average molecular weight is 339 g/mol. The van der Waals surface area contributed by atoms with E-state index in [1.165, 1.54) is 11.3 Å². The maximum absolute atomic E-state index is 12.3. The molecular weight excluding hydrogens is 324 g/mol. The Morgan fingerprint density at radius 3 is 2.77 bits per heavy atom. The van der Waals surface area contributed by atoms with Crippen molar-refractivity contribution >= 4 is 28.8 Å². The maximum Gasteiger partial charge on any atom is 0.273 e. The number of aromatic nitrogens is 1. The Bertz CT molecular complexity index is 638. The zero-order valence-corrected chi connectivity index (χ0v) is 13.4. The van der Waals surface area contributed by atoms with Crippen molar-refractivity contribution in [3.05, 3.63) is 45.4 Å². The second kappa shape index (κ2) is 7.09. The first-order valence-electron chi connectivity index (χ1n) is 6.92. The van der Waals surface area contributed by atoms with E-state index in [1.807, 2.05) is 0 Å². The van der Waals surface area contributed by atoms with Crippen LogP contribution in [0.5, 0.6) is 5.75 Å². The largest absolute Gasteiger partial charge is 0.486 e. The molecule has 0 atom stereocenters. The molecule has 2 aromatic rings. The van der Waals surface area contributed by atoms with Crippen LogP contribution >= 0.6 is 22.9 Å². The fourth-order valence-corrected chi connectivity index (χ4v) is 2.88. The van der Waals surface area contributed by atoms with Crippen LogP contribution in [-0.2, 0) is 11.3 Å². The van der Waals surface area contributed by atoms with Gasteiger partial charge in [-0.25, -0.2) is 4.98 Å². The maximum atomic E-state index is 12.3. The van der Waals surface area contributed by atoms with Crippen molar-refractivity contribution in [3.8, 4) is 5.75 Å². The second-order valence-corrected chi connectivity index (χ2v) is 6.15. The van der Waals surface area contributed by atoms with Crippen LogP contribution in [0.25, 0.3) is 0 Å². The van der Waals surface area contributed by atoms with Gasteiger partial charge in [-0.15, -0.1) is 11.3 Å². The van der Waals surface area contributed by atoms with Crippen LogP contribution in [0.4, 0.5) is 0 Å². The lowest BCUT2D eigenvalue weighted by molar-refractivity contribution is 0.0299. The highest BCUT2D eigenvalue weighted by Crippen LogP contribution is 2.19. The van der Waals surface area contributed by atoms with E-state index >= 15 is 0 Å². The van der Waals surface area contributed by atoms with Gasteiger partial charge >= 0.3 is 0 Å². The minimum absolute atomic E-state index is 0.0442. The number of rotatable bonds is 4. The minimum atomic E-state index is -0.0442. The molecule has 0 saturated carbocycles. The Morgan fingerprint density at radius 1 is 1.32 bits per heavy atom. The average Bonchev–Trinajstić information content (AvgIpc) is 3.03. The summed E-state index contributed by atoms with van der Waals surface area (Å²) < 4.78 is 10.9. The number of hydrogen-bond acceptors (Lipinski definition) is 5. The quantitative estimate of drug-likeness (QED) is 0.860. The fourth-order valence-electron chi connectivity index (χ4n) is 2.08. The molecule has 1 amide bonds. The summed E-state index contributed by atoms with van der Waals surface area (Å²) in [4.78, 5) is 18.4. The Labute approximate surface area is 137 Å². The number of nitrogens with zero attached hydrogens (tertiary/aromatic N) is 2. The van der Waals surface area contributed by atoms with Gasteiger partial charge in [-0.2, -0.15) is 0 Å². The lowest BCUT2D eigenvalue weighted by atomic mass is 10.3. The van der Waals surface area contributed by atoms with Crippen molar-refractivity contribution < 1.29 is 14.3 Å². The zero-order chi connectivity index (χ0) is 15.4. The summed E-state index contributed by atoms with van der Waals surface area (Å²) in [5.74, 6) is 0.679. The predicted octanol–water partition coefficient (Wildman–Crippen LogP) is 2.85. The molecule has 2 heterocycles. The van der Waals surface area contributed by atoms with E-state index in [-0.39, 0.29) is 5.91 Å². The Hall–Kier alpha value is -1.63. The highest BCUT2D eigenvalue weighted by atomic mass is 35.5. The van der Waals surface area contributed by atoms with E-state index in [9.17, 15) is 4.79 Å². The Kier molecular flexibility index (Phi) is 4.92. The van der Waals surface area contributed by atoms with Crippen molar-refractivity contribution in [3.63, 3.8) is 0 Å². The number of halogens is 1. The Morgan fingerprint density at radius 2 is 2.05 bits per heavy atom. The summed E-state index contributed by atoms with van der Waals surface area (Å²) in [6.07, 6.45) is 0. The van der Waals surface area contributed by atoms with Gasteiger partial charge in [0.25, 0.3) is 5.91 Å². The van der Waals surface area contributed by atoms with Crippen molar-refractivity contribution in [1.82, 2.24) is 9.88 Å². The van der Waals surface area contributed by atoms with Crippen LogP contribution in [0, 0.1) is 0 Å². The molecule has 1 aliphatic heterocycles. The number of hydrogen-bond donors (Lipinski definition) is 0. The standard InChI is InChI=1S/C15H15ClN2O3S/c16-11-1-3-12(4-2-11)21-9-14-17-13(10-22-14)15(19)18-5-7-20-8-6-18/h1-4,10H,5-9H2. The van der Waals surface area contributed by atoms with E-state index in [0.29, 0.717) is 43.6 Å². The summed E-state index contributed by atoms with van der Waals surface area (Å²) in [6.45, 7) is 2.74. The number of ether oxygens (including phenoxy) is 2. The van der Waals surface area contributed by atoms with Gasteiger partial charge in [-0.1, -0.05) is 11.6 Å². The van der Waals surface area contributed by atoms with Crippen molar-refractivity contribution in [2.75, 3.05) is 26.3 Å². The molecule has 0 bridgehead atoms. The van der Waals surface area contributed by atoms with Crippen molar-refractivity contribution in [2.45, 2.75) is 6.61 Å². The zero-order valence-electron chi connectivity index (χ0n) is 11.8. The molecule has 1 fully saturated rings. The fraction of sp³-hybridized carbons (Fsp3) is 0.333. The molecule has 3 rings (SSSR count). The molecule has 0 unspecified atom stereocenters. The highest BCUT2D eigenvalue weighted by molar-refractivity contribution is 7.09. The number of carbonyl (C=O) groups is 1. The van der Waals surface area contributed by atoms with Crippen LogP contribution in [0.2, 0.25) is 5.02 Å². The summed E-state index contributed by atoms with van der Waals surface area (Å²) in [5, 5.41) is 3.21. The summed E-state index contributed by atoms with van der Waals surface area (Å²) in [5.41, 5.74) is 0.474. The number of morpholine rings is 1. The van der Waals surface area contributed by atoms with Crippen molar-refractivity contribution in [1.29, 1.82) is 0 Å². The number of amides is 1. The third-order valence-electron chi connectivity index (χ3n) is 3.25. The van der Waals surface area contributed by atoms with Gasteiger partial charge < -0.3 is 14.4 Å². The van der Waals surface area contributed by atoms with E-state index in [4.69, 9.17) is 21.1 Å². The van der Waals surface area contributed by atoms with Crippen LogP contribution < -0.4 is 4.74 Å². The van der Waals surface area contributed by atoms with Gasteiger partial charge in [-0.3, -0.25) is 4.79 Å². The van der Waals surface area contributed by atoms with Gasteiger partial charge in [0, 0.05) is 23.5 Å². The SMILES string of the molecule is O=C(c1csc(COc2ccc(Cl)cc2)n1)N1CCOCC1. The minimum Gasteiger partial charge on any atom is -0.486 e. The summed E-state index contributed by atoms with van der Waals surface area (Å²) in [6, 6.07) is 7.14. The molecule has 0 spiro atoms. The first-order chi connectivity index (χ1) is 10.7. The molecule has 0 radical (unpaired) electrons. The van der Waals surface area contributed by atoms with Crippen molar-refractivity contribution in [2.24, 2.45) is 0 Å². The van der Waals surface area contributed by atoms with E-state index in [1.54, 1.807) is 34.5 Å². The van der Waals surface area contributed by atoms with Crippen LogP contribution in [-0.4, -0.2) is 42.1 Å². The van der Waals surface area contributed by atoms with Gasteiger partial charge in [0.05, 0.1) is 13.2 Å². The van der Waals surface area contributed by atoms with Crippen LogP contribution in [0.15, 0.2) is 29.6 Å². The first kappa shape index (κ1) is 15.3. The lowest BCUT2D eigenvalue weighted by Crippen LogP contribution is -2.40. The number of benzene rings is 1. The molecule has 1 aromatic carbocycles.